The van der Waals surface area contributed by atoms with Crippen molar-refractivity contribution >= 4 is 26.9 Å². The van der Waals surface area contributed by atoms with Crippen LogP contribution in [0, 0.1) is 12.3 Å². The first kappa shape index (κ1) is 23.0. The molecule has 10 heteroatoms. The second-order valence-electron chi connectivity index (χ2n) is 7.15. The Labute approximate surface area is 195 Å². The van der Waals surface area contributed by atoms with Crippen LogP contribution in [-0.4, -0.2) is 30.5 Å². The first-order chi connectivity index (χ1) is 16.4. The molecule has 2 aromatic carbocycles. The summed E-state index contributed by atoms with van der Waals surface area (Å²) in [6.45, 7) is -0.394. The monoisotopic (exact) mass is 477 g/mol. The number of aromatic nitrogens is 2. The van der Waals surface area contributed by atoms with E-state index in [9.17, 15) is 18.0 Å². The fourth-order valence-electron chi connectivity index (χ4n) is 3.27. The minimum absolute atomic E-state index is 0.0179. The first-order valence-electron chi connectivity index (χ1n) is 10.1. The van der Waals surface area contributed by atoms with E-state index in [0.29, 0.717) is 16.7 Å². The topological polar surface area (TPSA) is 121 Å². The van der Waals surface area contributed by atoms with Crippen LogP contribution in [-0.2, 0) is 27.9 Å². The van der Waals surface area contributed by atoms with Crippen molar-refractivity contribution in [3.63, 3.8) is 0 Å². The van der Waals surface area contributed by atoms with Crippen molar-refractivity contribution in [2.75, 3.05) is 6.54 Å². The smallest absolute Gasteiger partial charge is 0.338 e. The number of ether oxygens (including phenoxy) is 1. The molecule has 4 rings (SSSR count). The molecule has 0 amide bonds. The molecule has 2 aromatic heterocycles. The van der Waals surface area contributed by atoms with Crippen molar-refractivity contribution in [3.05, 3.63) is 94.4 Å². The van der Waals surface area contributed by atoms with Crippen LogP contribution < -0.4 is 10.3 Å². The summed E-state index contributed by atoms with van der Waals surface area (Å²) < 4.78 is 38.9. The molecule has 0 aliphatic heterocycles. The van der Waals surface area contributed by atoms with E-state index in [1.54, 1.807) is 36.4 Å². The number of nitrogens with one attached hydrogen (secondary N) is 1. The van der Waals surface area contributed by atoms with Gasteiger partial charge in [-0.05, 0) is 42.5 Å². The number of furan rings is 1. The lowest BCUT2D eigenvalue weighted by molar-refractivity contribution is 0.0456. The Kier molecular flexibility index (Phi) is 6.58. The molecule has 9 nitrogen and oxygen atoms in total. The third-order valence-electron chi connectivity index (χ3n) is 4.91. The standard InChI is InChI=1S/C24H19N3O6S/c1-2-12-25-34(30,31)19-9-5-7-17(14-19)24(29)33-16-22-26-21-11-4-3-10-20(21)23(28)27(22)15-18-8-6-13-32-18/h1,3-11,13-14,25H,12,15-16H2. The first-order valence-corrected chi connectivity index (χ1v) is 11.6. The fourth-order valence-corrected chi connectivity index (χ4v) is 4.25. The molecular formula is C24H19N3O6S. The second-order valence-corrected chi connectivity index (χ2v) is 8.92. The SMILES string of the molecule is C#CCNS(=O)(=O)c1cccc(C(=O)OCc2nc3ccccc3c(=O)n2Cc2ccco2)c1. The molecule has 0 atom stereocenters. The van der Waals surface area contributed by atoms with E-state index in [2.05, 4.69) is 15.6 Å². The number of terminal acetylenes is 1. The average molecular weight is 477 g/mol. The summed E-state index contributed by atoms with van der Waals surface area (Å²) in [6.07, 6.45) is 6.59. The number of carbonyl (C=O) groups excluding carboxylic acids is 1. The highest BCUT2D eigenvalue weighted by molar-refractivity contribution is 7.89. The maximum absolute atomic E-state index is 13.1. The number of carbonyl (C=O) groups is 1. The Morgan fingerprint density at radius 1 is 1.15 bits per heavy atom. The highest BCUT2D eigenvalue weighted by Gasteiger charge is 2.18. The van der Waals surface area contributed by atoms with Gasteiger partial charge in [-0.2, -0.15) is 4.72 Å². The molecule has 0 aliphatic carbocycles. The zero-order valence-corrected chi connectivity index (χ0v) is 18.6. The fraction of sp³-hybridized carbons (Fsp3) is 0.125. The van der Waals surface area contributed by atoms with E-state index < -0.39 is 16.0 Å². The van der Waals surface area contributed by atoms with Crippen molar-refractivity contribution in [2.24, 2.45) is 0 Å². The van der Waals surface area contributed by atoms with E-state index in [0.717, 1.165) is 0 Å². The van der Waals surface area contributed by atoms with Crippen molar-refractivity contribution in [3.8, 4) is 12.3 Å². The summed E-state index contributed by atoms with van der Waals surface area (Å²) in [5.74, 6) is 2.15. The predicted molar refractivity (Wildman–Crippen MR) is 123 cm³/mol. The van der Waals surface area contributed by atoms with Crippen LogP contribution in [0.1, 0.15) is 21.9 Å². The van der Waals surface area contributed by atoms with Crippen LogP contribution in [0.2, 0.25) is 0 Å². The molecule has 1 N–H and O–H groups in total. The van der Waals surface area contributed by atoms with Gasteiger partial charge in [-0.25, -0.2) is 18.2 Å². The lowest BCUT2D eigenvalue weighted by Crippen LogP contribution is -2.27. The maximum atomic E-state index is 13.1. The molecular weight excluding hydrogens is 458 g/mol. The van der Waals surface area contributed by atoms with Crippen molar-refractivity contribution < 1.29 is 22.4 Å². The molecule has 34 heavy (non-hydrogen) atoms. The number of rotatable bonds is 8. The number of hydrogen-bond donors (Lipinski definition) is 1. The van der Waals surface area contributed by atoms with Gasteiger partial charge in [-0.15, -0.1) is 6.42 Å². The van der Waals surface area contributed by atoms with E-state index in [-0.39, 0.29) is 41.5 Å². The van der Waals surface area contributed by atoms with E-state index in [1.807, 2.05) is 0 Å². The predicted octanol–water partition coefficient (Wildman–Crippen LogP) is 2.31. The number of fused-ring (bicyclic) bond motifs is 1. The zero-order chi connectivity index (χ0) is 24.1. The average Bonchev–Trinajstić information content (AvgIpc) is 3.36. The van der Waals surface area contributed by atoms with Gasteiger partial charge in [0.15, 0.2) is 5.82 Å². The Bertz CT molecular complexity index is 1550. The molecule has 0 aliphatic rings. The van der Waals surface area contributed by atoms with Crippen molar-refractivity contribution in [1.29, 1.82) is 0 Å². The summed E-state index contributed by atoms with van der Waals surface area (Å²) in [7, 11) is -3.88. The van der Waals surface area contributed by atoms with Gasteiger partial charge < -0.3 is 9.15 Å². The van der Waals surface area contributed by atoms with Crippen molar-refractivity contribution in [2.45, 2.75) is 18.0 Å². The molecule has 0 saturated heterocycles. The third-order valence-corrected chi connectivity index (χ3v) is 6.31. The van der Waals surface area contributed by atoms with Crippen LogP contribution in [0.3, 0.4) is 0 Å². The van der Waals surface area contributed by atoms with Crippen LogP contribution in [0.15, 0.2) is 81.0 Å². The minimum Gasteiger partial charge on any atom is -0.467 e. The number of hydrogen-bond acceptors (Lipinski definition) is 7. The normalized spacial score (nSPS) is 11.3. The summed E-state index contributed by atoms with van der Waals surface area (Å²) in [6, 6.07) is 15.6. The van der Waals surface area contributed by atoms with E-state index >= 15 is 0 Å². The highest BCUT2D eigenvalue weighted by atomic mass is 32.2. The number of nitrogens with zero attached hydrogens (tertiary/aromatic N) is 2. The molecule has 4 aromatic rings. The van der Waals surface area contributed by atoms with Crippen LogP contribution >= 0.6 is 0 Å². The van der Waals surface area contributed by atoms with Gasteiger partial charge in [0.05, 0.1) is 40.7 Å². The minimum atomic E-state index is -3.88. The summed E-state index contributed by atoms with van der Waals surface area (Å²) in [5, 5.41) is 0.418. The van der Waals surface area contributed by atoms with Gasteiger partial charge in [0.25, 0.3) is 5.56 Å². The zero-order valence-electron chi connectivity index (χ0n) is 17.8. The molecule has 0 bridgehead atoms. The van der Waals surface area contributed by atoms with Gasteiger partial charge in [0.2, 0.25) is 10.0 Å². The largest absolute Gasteiger partial charge is 0.467 e. The van der Waals surface area contributed by atoms with Crippen LogP contribution in [0.4, 0.5) is 0 Å². The quantitative estimate of drug-likeness (QED) is 0.305. The third kappa shape index (κ3) is 4.91. The Morgan fingerprint density at radius 3 is 2.74 bits per heavy atom. The Balaban J connectivity index is 1.61. The molecule has 2 heterocycles. The number of sulfonamides is 1. The molecule has 172 valence electrons. The second kappa shape index (κ2) is 9.74. The molecule has 0 spiro atoms. The summed E-state index contributed by atoms with van der Waals surface area (Å²) >= 11 is 0. The highest BCUT2D eigenvalue weighted by Crippen LogP contribution is 2.15. The lowest BCUT2D eigenvalue weighted by Gasteiger charge is -2.13. The van der Waals surface area contributed by atoms with Gasteiger partial charge in [-0.1, -0.05) is 24.1 Å². The van der Waals surface area contributed by atoms with Crippen molar-refractivity contribution in [1.82, 2.24) is 14.3 Å². The maximum Gasteiger partial charge on any atom is 0.338 e. The molecule has 0 saturated carbocycles. The number of benzene rings is 2. The molecule has 0 radical (unpaired) electrons. The van der Waals surface area contributed by atoms with E-state index in [1.165, 1.54) is 35.1 Å². The summed E-state index contributed by atoms with van der Waals surface area (Å²) in [5.41, 5.74) is 0.173. The Morgan fingerprint density at radius 2 is 1.97 bits per heavy atom. The lowest BCUT2D eigenvalue weighted by atomic mass is 10.2. The van der Waals surface area contributed by atoms with Gasteiger partial charge in [-0.3, -0.25) is 9.36 Å². The van der Waals surface area contributed by atoms with Crippen LogP contribution in [0.5, 0.6) is 0 Å². The van der Waals surface area contributed by atoms with Crippen LogP contribution in [0.25, 0.3) is 10.9 Å². The molecule has 0 fully saturated rings. The van der Waals surface area contributed by atoms with Gasteiger partial charge in [0, 0.05) is 0 Å². The number of para-hydroxylation sites is 1. The van der Waals surface area contributed by atoms with E-state index in [4.69, 9.17) is 15.6 Å². The Hall–Kier alpha value is -4.20. The molecule has 0 unspecified atom stereocenters. The number of esters is 1. The summed E-state index contributed by atoms with van der Waals surface area (Å²) in [4.78, 5) is 30.1. The van der Waals surface area contributed by atoms with Gasteiger partial charge in [0.1, 0.15) is 12.4 Å². The van der Waals surface area contributed by atoms with Gasteiger partial charge >= 0.3 is 5.97 Å².